The molecule has 1 heterocycles. The summed E-state index contributed by atoms with van der Waals surface area (Å²) in [4.78, 5) is 2.51. The maximum Gasteiger partial charge on any atom is 0.0757 e. The molecule has 16 heavy (non-hydrogen) atoms. The quantitative estimate of drug-likeness (QED) is 0.791. The van der Waals surface area contributed by atoms with E-state index in [1.54, 1.807) is 0 Å². The van der Waals surface area contributed by atoms with E-state index in [2.05, 4.69) is 25.7 Å². The minimum absolute atomic E-state index is 0.00133. The van der Waals surface area contributed by atoms with Crippen molar-refractivity contribution < 1.29 is 4.74 Å². The van der Waals surface area contributed by atoms with E-state index >= 15 is 0 Å². The van der Waals surface area contributed by atoms with Gasteiger partial charge in [-0.25, -0.2) is 0 Å². The Morgan fingerprint density at radius 2 is 2.12 bits per heavy atom. The van der Waals surface area contributed by atoms with Crippen molar-refractivity contribution in [2.45, 2.75) is 57.8 Å². The largest absolute Gasteiger partial charge is 0.370 e. The number of nitrogens with zero attached hydrogens (tertiary/aromatic N) is 1. The van der Waals surface area contributed by atoms with Gasteiger partial charge in [0.25, 0.3) is 0 Å². The lowest BCUT2D eigenvalue weighted by atomic mass is 10.0. The average Bonchev–Trinajstić information content (AvgIpc) is 2.93. The lowest BCUT2D eigenvalue weighted by Gasteiger charge is -2.42. The SMILES string of the molecule is CC1CN(CCC(N)C2CC2)CC(C)(C)O1. The second-order valence-corrected chi connectivity index (χ2v) is 6.21. The topological polar surface area (TPSA) is 38.5 Å². The van der Waals surface area contributed by atoms with E-state index in [-0.39, 0.29) is 5.60 Å². The van der Waals surface area contributed by atoms with Crippen molar-refractivity contribution in [3.05, 3.63) is 0 Å². The van der Waals surface area contributed by atoms with Crippen LogP contribution in [0.15, 0.2) is 0 Å². The summed E-state index contributed by atoms with van der Waals surface area (Å²) in [5.74, 6) is 0.825. The Kier molecular flexibility index (Phi) is 3.57. The second-order valence-electron chi connectivity index (χ2n) is 6.21. The zero-order valence-corrected chi connectivity index (χ0v) is 10.9. The highest BCUT2D eigenvalue weighted by atomic mass is 16.5. The van der Waals surface area contributed by atoms with Gasteiger partial charge in [0.05, 0.1) is 11.7 Å². The molecular formula is C13H26N2O. The van der Waals surface area contributed by atoms with Crippen LogP contribution >= 0.6 is 0 Å². The first kappa shape index (κ1) is 12.3. The minimum atomic E-state index is 0.00133. The maximum absolute atomic E-state index is 6.14. The molecule has 3 nitrogen and oxygen atoms in total. The molecule has 0 bridgehead atoms. The number of ether oxygens (including phenoxy) is 1. The average molecular weight is 226 g/mol. The Hall–Kier alpha value is -0.120. The van der Waals surface area contributed by atoms with Gasteiger partial charge in [0.1, 0.15) is 0 Å². The standard InChI is InChI=1S/C13H26N2O/c1-10-8-15(9-13(2,3)16-10)7-6-12(14)11-4-5-11/h10-12H,4-9,14H2,1-3H3. The van der Waals surface area contributed by atoms with Gasteiger partial charge in [-0.1, -0.05) is 0 Å². The second kappa shape index (κ2) is 4.63. The van der Waals surface area contributed by atoms with Crippen molar-refractivity contribution >= 4 is 0 Å². The monoisotopic (exact) mass is 226 g/mol. The highest BCUT2D eigenvalue weighted by Crippen LogP contribution is 2.33. The molecule has 2 rings (SSSR count). The summed E-state index contributed by atoms with van der Waals surface area (Å²) in [5.41, 5.74) is 6.14. The van der Waals surface area contributed by atoms with Gasteiger partial charge < -0.3 is 10.5 Å². The Balaban J connectivity index is 1.75. The van der Waals surface area contributed by atoms with Gasteiger partial charge >= 0.3 is 0 Å². The van der Waals surface area contributed by atoms with E-state index < -0.39 is 0 Å². The zero-order chi connectivity index (χ0) is 11.8. The van der Waals surface area contributed by atoms with E-state index in [4.69, 9.17) is 10.5 Å². The van der Waals surface area contributed by atoms with Crippen LogP contribution in [0.2, 0.25) is 0 Å². The molecule has 0 amide bonds. The van der Waals surface area contributed by atoms with Gasteiger partial charge in [-0.05, 0) is 52.5 Å². The van der Waals surface area contributed by atoms with Crippen molar-refractivity contribution in [3.63, 3.8) is 0 Å². The van der Waals surface area contributed by atoms with Crippen molar-refractivity contribution in [3.8, 4) is 0 Å². The third-order valence-corrected chi connectivity index (χ3v) is 3.65. The number of hydrogen-bond acceptors (Lipinski definition) is 3. The van der Waals surface area contributed by atoms with E-state index in [1.165, 1.54) is 12.8 Å². The Morgan fingerprint density at radius 3 is 2.69 bits per heavy atom. The van der Waals surface area contributed by atoms with Crippen LogP contribution in [0, 0.1) is 5.92 Å². The summed E-state index contributed by atoms with van der Waals surface area (Å²) in [5, 5.41) is 0. The van der Waals surface area contributed by atoms with Crippen molar-refractivity contribution in [1.82, 2.24) is 4.90 Å². The fourth-order valence-electron chi connectivity index (χ4n) is 2.85. The Labute approximate surface area is 99.3 Å². The molecule has 1 saturated heterocycles. The Bertz CT molecular complexity index is 238. The molecule has 2 aliphatic rings. The minimum Gasteiger partial charge on any atom is -0.370 e. The molecule has 2 atom stereocenters. The fraction of sp³-hybridized carbons (Fsp3) is 1.00. The number of rotatable bonds is 4. The summed E-state index contributed by atoms with van der Waals surface area (Å²) in [6.07, 6.45) is 4.20. The van der Waals surface area contributed by atoms with E-state index in [0.29, 0.717) is 12.1 Å². The van der Waals surface area contributed by atoms with Gasteiger partial charge in [-0.2, -0.15) is 0 Å². The molecule has 0 spiro atoms. The number of hydrogen-bond donors (Lipinski definition) is 1. The molecule has 1 saturated carbocycles. The summed E-state index contributed by atoms with van der Waals surface area (Å²) >= 11 is 0. The van der Waals surface area contributed by atoms with Gasteiger partial charge in [0, 0.05) is 19.1 Å². The third-order valence-electron chi connectivity index (χ3n) is 3.65. The van der Waals surface area contributed by atoms with Crippen LogP contribution in [0.4, 0.5) is 0 Å². The molecule has 1 aliphatic heterocycles. The number of nitrogens with two attached hydrogens (primary N) is 1. The van der Waals surface area contributed by atoms with E-state index in [9.17, 15) is 0 Å². The summed E-state index contributed by atoms with van der Waals surface area (Å²) in [7, 11) is 0. The van der Waals surface area contributed by atoms with Crippen LogP contribution in [0.5, 0.6) is 0 Å². The van der Waals surface area contributed by atoms with E-state index in [0.717, 1.165) is 32.0 Å². The predicted molar refractivity (Wildman–Crippen MR) is 66.4 cm³/mol. The normalized spacial score (nSPS) is 32.6. The van der Waals surface area contributed by atoms with Crippen molar-refractivity contribution in [2.24, 2.45) is 11.7 Å². The van der Waals surface area contributed by atoms with Gasteiger partial charge in [-0.3, -0.25) is 4.90 Å². The van der Waals surface area contributed by atoms with Crippen LogP contribution in [-0.4, -0.2) is 42.3 Å². The van der Waals surface area contributed by atoms with Crippen LogP contribution < -0.4 is 5.73 Å². The van der Waals surface area contributed by atoms with Crippen LogP contribution in [-0.2, 0) is 4.74 Å². The molecule has 0 radical (unpaired) electrons. The molecule has 94 valence electrons. The van der Waals surface area contributed by atoms with Gasteiger partial charge in [0.2, 0.25) is 0 Å². The van der Waals surface area contributed by atoms with E-state index in [1.807, 2.05) is 0 Å². The van der Waals surface area contributed by atoms with Crippen molar-refractivity contribution in [1.29, 1.82) is 0 Å². The van der Waals surface area contributed by atoms with Gasteiger partial charge in [-0.15, -0.1) is 0 Å². The molecule has 0 aromatic carbocycles. The first-order valence-corrected chi connectivity index (χ1v) is 6.62. The highest BCUT2D eigenvalue weighted by Gasteiger charge is 2.32. The molecule has 2 unspecified atom stereocenters. The summed E-state index contributed by atoms with van der Waals surface area (Å²) in [6, 6.07) is 0.432. The molecular weight excluding hydrogens is 200 g/mol. The summed E-state index contributed by atoms with van der Waals surface area (Å²) < 4.78 is 5.90. The molecule has 2 N–H and O–H groups in total. The first-order valence-electron chi connectivity index (χ1n) is 6.62. The highest BCUT2D eigenvalue weighted by molar-refractivity contribution is 4.87. The molecule has 1 aliphatic carbocycles. The van der Waals surface area contributed by atoms with Crippen molar-refractivity contribution in [2.75, 3.05) is 19.6 Å². The molecule has 0 aromatic rings. The molecule has 3 heteroatoms. The number of morpholine rings is 1. The molecule has 2 fully saturated rings. The van der Waals surface area contributed by atoms with Crippen LogP contribution in [0.25, 0.3) is 0 Å². The summed E-state index contributed by atoms with van der Waals surface area (Å²) in [6.45, 7) is 9.74. The predicted octanol–water partition coefficient (Wildman–Crippen LogP) is 1.61. The lowest BCUT2D eigenvalue weighted by molar-refractivity contribution is -0.129. The van der Waals surface area contributed by atoms with Crippen LogP contribution in [0.1, 0.15) is 40.0 Å². The fourth-order valence-corrected chi connectivity index (χ4v) is 2.85. The maximum atomic E-state index is 6.14. The third kappa shape index (κ3) is 3.44. The molecule has 0 aromatic heterocycles. The first-order chi connectivity index (χ1) is 7.46. The smallest absolute Gasteiger partial charge is 0.0757 e. The van der Waals surface area contributed by atoms with Gasteiger partial charge in [0.15, 0.2) is 0 Å². The Morgan fingerprint density at radius 1 is 1.44 bits per heavy atom. The lowest BCUT2D eigenvalue weighted by Crippen LogP contribution is -2.52. The van der Waals surface area contributed by atoms with Crippen LogP contribution in [0.3, 0.4) is 0 Å². The zero-order valence-electron chi connectivity index (χ0n) is 10.9.